The lowest BCUT2D eigenvalue weighted by Gasteiger charge is -2.35. The van der Waals surface area contributed by atoms with Gasteiger partial charge in [0, 0.05) is 25.6 Å². The van der Waals surface area contributed by atoms with E-state index in [4.69, 9.17) is 4.74 Å². The molecule has 1 aromatic rings. The first-order valence-corrected chi connectivity index (χ1v) is 9.82. The van der Waals surface area contributed by atoms with Crippen LogP contribution in [-0.2, 0) is 15.7 Å². The first-order valence-electron chi connectivity index (χ1n) is 9.82. The standard InChI is InChI=1S/C20H29F3N4O2.HI/c1-4-24-19(25-9-8-18(28)26-14(2)3)27-10-11-29-17(13-27)15-6-5-7-16(12-15)20(21,22)23;/h5-7,12,14,17H,4,8-11,13H2,1-3H3,(H,24,25)(H,26,28);1H. The van der Waals surface area contributed by atoms with Gasteiger partial charge in [-0.3, -0.25) is 9.79 Å². The number of hydrogen-bond acceptors (Lipinski definition) is 3. The van der Waals surface area contributed by atoms with Crippen LogP contribution in [0.2, 0.25) is 0 Å². The third-order valence-electron chi connectivity index (χ3n) is 4.34. The van der Waals surface area contributed by atoms with Gasteiger partial charge in [-0.2, -0.15) is 13.2 Å². The molecule has 10 heteroatoms. The Hall–Kier alpha value is -1.56. The summed E-state index contributed by atoms with van der Waals surface area (Å²) in [5, 5.41) is 6.00. The van der Waals surface area contributed by atoms with E-state index in [9.17, 15) is 18.0 Å². The van der Waals surface area contributed by atoms with Gasteiger partial charge in [-0.15, -0.1) is 24.0 Å². The average molecular weight is 542 g/mol. The van der Waals surface area contributed by atoms with E-state index in [0.29, 0.717) is 44.3 Å². The number of guanidine groups is 1. The third kappa shape index (κ3) is 8.29. The van der Waals surface area contributed by atoms with Crippen molar-refractivity contribution in [2.75, 3.05) is 32.8 Å². The summed E-state index contributed by atoms with van der Waals surface area (Å²) in [7, 11) is 0. The van der Waals surface area contributed by atoms with Crippen LogP contribution in [0.4, 0.5) is 13.2 Å². The number of alkyl halides is 3. The molecule has 170 valence electrons. The number of nitrogens with zero attached hydrogens (tertiary/aromatic N) is 2. The van der Waals surface area contributed by atoms with Gasteiger partial charge in [0.2, 0.25) is 5.91 Å². The highest BCUT2D eigenvalue weighted by molar-refractivity contribution is 14.0. The van der Waals surface area contributed by atoms with E-state index >= 15 is 0 Å². The molecule has 1 aromatic carbocycles. The second kappa shape index (κ2) is 12.3. The summed E-state index contributed by atoms with van der Waals surface area (Å²) >= 11 is 0. The lowest BCUT2D eigenvalue weighted by Crippen LogP contribution is -2.48. The fourth-order valence-corrected chi connectivity index (χ4v) is 3.04. The van der Waals surface area contributed by atoms with Crippen molar-refractivity contribution in [1.82, 2.24) is 15.5 Å². The van der Waals surface area contributed by atoms with Crippen molar-refractivity contribution < 1.29 is 22.7 Å². The highest BCUT2D eigenvalue weighted by atomic mass is 127. The highest BCUT2D eigenvalue weighted by Gasteiger charge is 2.32. The van der Waals surface area contributed by atoms with Crippen LogP contribution in [0.25, 0.3) is 0 Å². The summed E-state index contributed by atoms with van der Waals surface area (Å²) in [5.74, 6) is 0.563. The minimum absolute atomic E-state index is 0. The van der Waals surface area contributed by atoms with Gasteiger partial charge in [-0.25, -0.2) is 0 Å². The highest BCUT2D eigenvalue weighted by Crippen LogP contribution is 2.32. The minimum atomic E-state index is -4.39. The van der Waals surface area contributed by atoms with Gasteiger partial charge >= 0.3 is 6.18 Å². The maximum Gasteiger partial charge on any atom is 0.416 e. The van der Waals surface area contributed by atoms with Gasteiger partial charge in [0.1, 0.15) is 6.10 Å². The molecule has 0 bridgehead atoms. The zero-order valence-electron chi connectivity index (χ0n) is 17.5. The number of carbonyl (C=O) groups excluding carboxylic acids is 1. The molecule has 0 spiro atoms. The quantitative estimate of drug-likeness (QED) is 0.328. The van der Waals surface area contributed by atoms with E-state index in [-0.39, 0.29) is 42.3 Å². The Morgan fingerprint density at radius 2 is 2.10 bits per heavy atom. The van der Waals surface area contributed by atoms with Crippen LogP contribution >= 0.6 is 24.0 Å². The van der Waals surface area contributed by atoms with Crippen molar-refractivity contribution in [3.8, 4) is 0 Å². The first-order chi connectivity index (χ1) is 13.7. The maximum atomic E-state index is 13.0. The number of halogens is 4. The largest absolute Gasteiger partial charge is 0.416 e. The predicted octanol–water partition coefficient (Wildman–Crippen LogP) is 3.58. The predicted molar refractivity (Wildman–Crippen MR) is 121 cm³/mol. The molecule has 2 N–H and O–H groups in total. The molecule has 1 unspecified atom stereocenters. The number of morpholine rings is 1. The molecule has 1 aliphatic heterocycles. The van der Waals surface area contributed by atoms with E-state index in [1.807, 2.05) is 25.7 Å². The third-order valence-corrected chi connectivity index (χ3v) is 4.34. The Labute approximate surface area is 192 Å². The molecule has 30 heavy (non-hydrogen) atoms. The van der Waals surface area contributed by atoms with Crippen molar-refractivity contribution in [2.24, 2.45) is 4.99 Å². The molecule has 1 amide bonds. The van der Waals surface area contributed by atoms with Crippen molar-refractivity contribution >= 4 is 35.8 Å². The van der Waals surface area contributed by atoms with Gasteiger partial charge in [0.25, 0.3) is 0 Å². The molecule has 1 saturated heterocycles. The fourth-order valence-electron chi connectivity index (χ4n) is 3.04. The summed E-state index contributed by atoms with van der Waals surface area (Å²) < 4.78 is 44.8. The van der Waals surface area contributed by atoms with Crippen molar-refractivity contribution in [3.05, 3.63) is 35.4 Å². The molecule has 1 heterocycles. The molecule has 0 radical (unpaired) electrons. The molecule has 6 nitrogen and oxygen atoms in total. The Bertz CT molecular complexity index is 714. The zero-order chi connectivity index (χ0) is 21.4. The molecule has 2 rings (SSSR count). The monoisotopic (exact) mass is 542 g/mol. The Balaban J connectivity index is 0.00000450. The minimum Gasteiger partial charge on any atom is -0.370 e. The molecule has 1 aliphatic rings. The van der Waals surface area contributed by atoms with Crippen molar-refractivity contribution in [1.29, 1.82) is 0 Å². The number of nitrogens with one attached hydrogen (secondary N) is 2. The van der Waals surface area contributed by atoms with Gasteiger partial charge in [-0.1, -0.05) is 12.1 Å². The first kappa shape index (κ1) is 26.5. The molecule has 0 aliphatic carbocycles. The maximum absolute atomic E-state index is 13.0. The summed E-state index contributed by atoms with van der Waals surface area (Å²) in [6.07, 6.45) is -4.61. The van der Waals surface area contributed by atoms with Crippen LogP contribution in [0.5, 0.6) is 0 Å². The van der Waals surface area contributed by atoms with E-state index in [1.54, 1.807) is 6.07 Å². The van der Waals surface area contributed by atoms with Crippen LogP contribution in [0.3, 0.4) is 0 Å². The van der Waals surface area contributed by atoms with E-state index in [2.05, 4.69) is 15.6 Å². The van der Waals surface area contributed by atoms with E-state index in [1.165, 1.54) is 6.07 Å². The SMILES string of the molecule is CCNC(=NCCC(=O)NC(C)C)N1CCOC(c2cccc(C(F)(F)F)c2)C1.I. The summed E-state index contributed by atoms with van der Waals surface area (Å²) in [4.78, 5) is 18.3. The van der Waals surface area contributed by atoms with E-state index in [0.717, 1.165) is 12.1 Å². The lowest BCUT2D eigenvalue weighted by atomic mass is 10.0. The molecular formula is C20H30F3IN4O2. The Morgan fingerprint density at radius 1 is 1.37 bits per heavy atom. The number of amides is 1. The van der Waals surface area contributed by atoms with Crippen LogP contribution in [-0.4, -0.2) is 55.6 Å². The number of rotatable bonds is 6. The molecule has 0 aromatic heterocycles. The smallest absolute Gasteiger partial charge is 0.370 e. The molecular weight excluding hydrogens is 512 g/mol. The topological polar surface area (TPSA) is 66.0 Å². The summed E-state index contributed by atoms with van der Waals surface area (Å²) in [6, 6.07) is 5.30. The summed E-state index contributed by atoms with van der Waals surface area (Å²) in [5.41, 5.74) is -0.204. The van der Waals surface area contributed by atoms with Gasteiger partial charge in [0.15, 0.2) is 5.96 Å². The van der Waals surface area contributed by atoms with Crippen LogP contribution in [0.15, 0.2) is 29.3 Å². The van der Waals surface area contributed by atoms with Crippen LogP contribution in [0, 0.1) is 0 Å². The molecule has 1 fully saturated rings. The summed E-state index contributed by atoms with van der Waals surface area (Å²) in [6.45, 7) is 8.02. The molecule has 1 atom stereocenters. The Morgan fingerprint density at radius 3 is 2.73 bits per heavy atom. The second-order valence-electron chi connectivity index (χ2n) is 7.14. The van der Waals surface area contributed by atoms with Crippen molar-refractivity contribution in [2.45, 2.75) is 45.5 Å². The van der Waals surface area contributed by atoms with Gasteiger partial charge in [-0.05, 0) is 38.5 Å². The van der Waals surface area contributed by atoms with Gasteiger partial charge in [0.05, 0.1) is 25.3 Å². The lowest BCUT2D eigenvalue weighted by molar-refractivity contribution is -0.137. The van der Waals surface area contributed by atoms with Crippen molar-refractivity contribution in [3.63, 3.8) is 0 Å². The number of hydrogen-bond donors (Lipinski definition) is 2. The second-order valence-corrected chi connectivity index (χ2v) is 7.14. The average Bonchev–Trinajstić information content (AvgIpc) is 2.66. The molecule has 0 saturated carbocycles. The Kier molecular flexibility index (Phi) is 10.9. The number of benzene rings is 1. The van der Waals surface area contributed by atoms with E-state index < -0.39 is 17.8 Å². The van der Waals surface area contributed by atoms with Crippen LogP contribution < -0.4 is 10.6 Å². The van der Waals surface area contributed by atoms with Crippen LogP contribution in [0.1, 0.15) is 44.4 Å². The fraction of sp³-hybridized carbons (Fsp3) is 0.600. The number of aliphatic imine (C=N–C) groups is 1. The van der Waals surface area contributed by atoms with Gasteiger partial charge < -0.3 is 20.3 Å². The zero-order valence-corrected chi connectivity index (χ0v) is 19.8. The number of carbonyl (C=O) groups is 1. The number of ether oxygens (including phenoxy) is 1. The normalized spacial score (nSPS) is 17.5.